The maximum atomic E-state index is 14.5. The summed E-state index contributed by atoms with van der Waals surface area (Å²) in [5.41, 5.74) is 3.80. The van der Waals surface area contributed by atoms with E-state index >= 15 is 0 Å². The average molecular weight is 615 g/mol. The Kier molecular flexibility index (Phi) is 10.5. The molecule has 0 aliphatic rings. The molecular weight excluding hydrogens is 582 g/mol. The number of nitrogens with zero attached hydrogens (tertiary/aromatic N) is 2. The molecule has 0 fully saturated rings. The number of benzene rings is 3. The number of pyridine rings is 1. The molecule has 2 atom stereocenters. The molecule has 220 valence electrons. The van der Waals surface area contributed by atoms with Gasteiger partial charge in [0.1, 0.15) is 11.3 Å². The van der Waals surface area contributed by atoms with Crippen LogP contribution < -0.4 is 5.56 Å². The van der Waals surface area contributed by atoms with Gasteiger partial charge < -0.3 is 19.9 Å². The van der Waals surface area contributed by atoms with E-state index in [1.807, 2.05) is 48.7 Å². The first-order chi connectivity index (χ1) is 20.1. The van der Waals surface area contributed by atoms with E-state index in [0.717, 1.165) is 27.6 Å². The number of aliphatic carboxylic acids is 1. The van der Waals surface area contributed by atoms with Crippen LogP contribution in [0.5, 0.6) is 0 Å². The Morgan fingerprint density at radius 3 is 2.33 bits per heavy atom. The summed E-state index contributed by atoms with van der Waals surface area (Å²) < 4.78 is 17.7. The van der Waals surface area contributed by atoms with Gasteiger partial charge in [0.05, 0.1) is 29.8 Å². The number of carbonyl (C=O) groups is 1. The summed E-state index contributed by atoms with van der Waals surface area (Å²) in [6.45, 7) is 3.95. The third-order valence-corrected chi connectivity index (χ3v) is 7.75. The van der Waals surface area contributed by atoms with Crippen LogP contribution >= 0.6 is 11.6 Å². The van der Waals surface area contributed by atoms with Crippen molar-refractivity contribution in [3.8, 4) is 16.8 Å². The molecule has 0 saturated carbocycles. The van der Waals surface area contributed by atoms with Gasteiger partial charge in [-0.1, -0.05) is 48.0 Å². The SMILES string of the molecule is CC(C)n1c(CC[C@@H](O)C[C@@H](O)CC(=O)O)c(-c2ccc(F)cc2)c2c3ccccc3n(-c3cccc(Cl)c3)c(=O)c21.[NaH]. The van der Waals surface area contributed by atoms with E-state index in [1.165, 1.54) is 12.1 Å². The van der Waals surface area contributed by atoms with Crippen molar-refractivity contribution < 1.29 is 24.5 Å². The fourth-order valence-corrected chi connectivity index (χ4v) is 6.03. The van der Waals surface area contributed by atoms with Crippen LogP contribution in [-0.2, 0) is 11.2 Å². The molecule has 0 saturated heterocycles. The van der Waals surface area contributed by atoms with Crippen LogP contribution in [0.4, 0.5) is 4.39 Å². The molecule has 0 aliphatic carbocycles. The predicted octanol–water partition coefficient (Wildman–Crippen LogP) is 5.86. The van der Waals surface area contributed by atoms with Crippen molar-refractivity contribution in [2.24, 2.45) is 0 Å². The molecule has 0 bridgehead atoms. The number of para-hydroxylation sites is 1. The van der Waals surface area contributed by atoms with Gasteiger partial charge in [0.2, 0.25) is 0 Å². The normalized spacial score (nSPS) is 12.9. The van der Waals surface area contributed by atoms with Crippen LogP contribution in [0.15, 0.2) is 77.6 Å². The Bertz CT molecular complexity index is 1830. The van der Waals surface area contributed by atoms with Gasteiger partial charge in [-0.05, 0) is 75.1 Å². The van der Waals surface area contributed by atoms with Crippen molar-refractivity contribution in [3.05, 3.63) is 99.7 Å². The van der Waals surface area contributed by atoms with E-state index < -0.39 is 24.6 Å². The first kappa shape index (κ1) is 32.9. The molecule has 0 spiro atoms. The molecule has 0 aliphatic heterocycles. The summed E-state index contributed by atoms with van der Waals surface area (Å²) in [5.74, 6) is -1.53. The van der Waals surface area contributed by atoms with Crippen LogP contribution in [-0.4, -0.2) is 72.2 Å². The molecule has 2 aromatic heterocycles. The number of fused-ring (bicyclic) bond motifs is 3. The van der Waals surface area contributed by atoms with Gasteiger partial charge >= 0.3 is 35.5 Å². The van der Waals surface area contributed by atoms with Crippen LogP contribution in [0, 0.1) is 5.82 Å². The summed E-state index contributed by atoms with van der Waals surface area (Å²) in [6.07, 6.45) is -2.17. The van der Waals surface area contributed by atoms with Gasteiger partial charge in [-0.25, -0.2) is 4.39 Å². The molecule has 0 unspecified atom stereocenters. The topological polar surface area (TPSA) is 105 Å². The van der Waals surface area contributed by atoms with Crippen molar-refractivity contribution >= 4 is 68.9 Å². The van der Waals surface area contributed by atoms with Crippen molar-refractivity contribution in [2.75, 3.05) is 0 Å². The molecule has 3 N–H and O–H groups in total. The number of rotatable bonds is 10. The second-order valence-corrected chi connectivity index (χ2v) is 11.3. The molecule has 10 heteroatoms. The molecule has 3 aromatic carbocycles. The van der Waals surface area contributed by atoms with Gasteiger partial charge in [-0.3, -0.25) is 14.2 Å². The molecule has 43 heavy (non-hydrogen) atoms. The van der Waals surface area contributed by atoms with Gasteiger partial charge in [0.15, 0.2) is 0 Å². The summed E-state index contributed by atoms with van der Waals surface area (Å²) in [5, 5.41) is 31.9. The minimum absolute atomic E-state index is 0. The first-order valence-electron chi connectivity index (χ1n) is 13.9. The fourth-order valence-electron chi connectivity index (χ4n) is 5.84. The van der Waals surface area contributed by atoms with Crippen LogP contribution in [0.2, 0.25) is 5.02 Å². The van der Waals surface area contributed by atoms with Crippen molar-refractivity contribution in [3.63, 3.8) is 0 Å². The zero-order valence-corrected chi connectivity index (χ0v) is 24.1. The molecule has 7 nitrogen and oxygen atoms in total. The standard InChI is InChI=1S/C33H32ClFN2O5.Na.H/c1-19(2)36-28(15-14-24(38)17-25(39)18-29(40)41)30(20-10-12-22(35)13-11-20)31-26-8-3-4-9-27(26)37(33(42)32(31)36)23-7-5-6-21(34)16-23;;/h3-13,16,19,24-25,38-39H,14-15,17-18H2,1-2H3,(H,40,41);;/t24-,25-;;/m1../s1. The summed E-state index contributed by atoms with van der Waals surface area (Å²) in [7, 11) is 0. The molecule has 5 rings (SSSR count). The first-order valence-corrected chi connectivity index (χ1v) is 14.2. The second kappa shape index (κ2) is 13.8. The summed E-state index contributed by atoms with van der Waals surface area (Å²) in [4.78, 5) is 25.5. The quantitative estimate of drug-likeness (QED) is 0.171. The van der Waals surface area contributed by atoms with Crippen molar-refractivity contribution in [2.45, 2.75) is 57.8 Å². The number of halogens is 2. The van der Waals surface area contributed by atoms with E-state index in [-0.39, 0.29) is 59.8 Å². The van der Waals surface area contributed by atoms with E-state index in [9.17, 15) is 24.2 Å². The number of hydrogen-bond donors (Lipinski definition) is 3. The molecular formula is C33H33ClFN2NaO5. The minimum atomic E-state index is -1.18. The van der Waals surface area contributed by atoms with E-state index in [4.69, 9.17) is 16.7 Å². The van der Waals surface area contributed by atoms with E-state index in [0.29, 0.717) is 28.2 Å². The molecule has 5 aromatic rings. The van der Waals surface area contributed by atoms with Gasteiger partial charge in [0.25, 0.3) is 5.56 Å². The fraction of sp³-hybridized carbons (Fsp3) is 0.273. The Morgan fingerprint density at radius 2 is 1.67 bits per heavy atom. The zero-order valence-electron chi connectivity index (χ0n) is 23.3. The second-order valence-electron chi connectivity index (χ2n) is 10.8. The monoisotopic (exact) mass is 614 g/mol. The third kappa shape index (κ3) is 6.75. The molecule has 2 heterocycles. The Labute approximate surface area is 275 Å². The summed E-state index contributed by atoms with van der Waals surface area (Å²) >= 11 is 6.33. The van der Waals surface area contributed by atoms with Gasteiger partial charge in [-0.15, -0.1) is 0 Å². The van der Waals surface area contributed by atoms with Crippen LogP contribution in [0.25, 0.3) is 38.6 Å². The number of carboxylic acid groups (broad SMARTS) is 1. The number of aliphatic hydroxyl groups excluding tert-OH is 2. The van der Waals surface area contributed by atoms with Crippen molar-refractivity contribution in [1.82, 2.24) is 9.13 Å². The van der Waals surface area contributed by atoms with Gasteiger partial charge in [-0.2, -0.15) is 0 Å². The Hall–Kier alpha value is -2.98. The van der Waals surface area contributed by atoms with E-state index in [1.54, 1.807) is 34.9 Å². The number of aliphatic hydroxyl groups is 2. The third-order valence-electron chi connectivity index (χ3n) is 7.51. The van der Waals surface area contributed by atoms with Crippen molar-refractivity contribution in [1.29, 1.82) is 0 Å². The van der Waals surface area contributed by atoms with E-state index in [2.05, 4.69) is 0 Å². The van der Waals surface area contributed by atoms with Crippen LogP contribution in [0.1, 0.15) is 44.8 Å². The zero-order chi connectivity index (χ0) is 30.1. The number of aromatic nitrogens is 2. The van der Waals surface area contributed by atoms with Gasteiger partial charge in [0, 0.05) is 33.1 Å². The average Bonchev–Trinajstić information content (AvgIpc) is 3.28. The molecule has 0 radical (unpaired) electrons. The number of carboxylic acids is 1. The van der Waals surface area contributed by atoms with Crippen LogP contribution in [0.3, 0.4) is 0 Å². The summed E-state index contributed by atoms with van der Waals surface area (Å²) in [6, 6.07) is 20.7. The molecule has 0 amide bonds. The maximum absolute atomic E-state index is 14.5. The predicted molar refractivity (Wildman–Crippen MR) is 170 cm³/mol. The Balaban J connectivity index is 0.00000423. The Morgan fingerprint density at radius 1 is 0.977 bits per heavy atom. The number of hydrogen-bond acceptors (Lipinski definition) is 4.